The first-order valence-corrected chi connectivity index (χ1v) is 21.5. The van der Waals surface area contributed by atoms with Crippen molar-refractivity contribution in [2.24, 2.45) is 0 Å². The van der Waals surface area contributed by atoms with E-state index in [4.69, 9.17) is 4.42 Å². The van der Waals surface area contributed by atoms with Gasteiger partial charge >= 0.3 is 0 Å². The van der Waals surface area contributed by atoms with Crippen LogP contribution < -0.4 is 4.90 Å². The summed E-state index contributed by atoms with van der Waals surface area (Å²) in [6.07, 6.45) is 0. The fourth-order valence-corrected chi connectivity index (χ4v) is 9.48. The van der Waals surface area contributed by atoms with Crippen LogP contribution in [0.5, 0.6) is 0 Å². The summed E-state index contributed by atoms with van der Waals surface area (Å²) >= 11 is 0. The number of fused-ring (bicyclic) bond motifs is 6. The van der Waals surface area contributed by atoms with Gasteiger partial charge in [0.15, 0.2) is 0 Å². The number of para-hydroxylation sites is 4. The number of hydrogen-bond acceptors (Lipinski definition) is 2. The van der Waals surface area contributed by atoms with Crippen LogP contribution in [0.3, 0.4) is 0 Å². The van der Waals surface area contributed by atoms with Gasteiger partial charge in [0.2, 0.25) is 0 Å². The highest BCUT2D eigenvalue weighted by Gasteiger charge is 2.20. The highest BCUT2D eigenvalue weighted by atomic mass is 16.3. The predicted molar refractivity (Wildman–Crippen MR) is 264 cm³/mol. The summed E-state index contributed by atoms with van der Waals surface area (Å²) in [6, 6.07) is 87.1. The van der Waals surface area contributed by atoms with Crippen LogP contribution in [0, 0.1) is 0 Å². The molecule has 3 heteroatoms. The zero-order chi connectivity index (χ0) is 41.7. The van der Waals surface area contributed by atoms with Gasteiger partial charge in [-0.15, -0.1) is 0 Å². The molecule has 0 aliphatic rings. The molecule has 12 aromatic rings. The fourth-order valence-electron chi connectivity index (χ4n) is 9.48. The summed E-state index contributed by atoms with van der Waals surface area (Å²) < 4.78 is 8.79. The Morgan fingerprint density at radius 2 is 0.857 bits per heavy atom. The first-order valence-electron chi connectivity index (χ1n) is 21.5. The predicted octanol–water partition coefficient (Wildman–Crippen LogP) is 16.8. The maximum absolute atomic E-state index is 6.41. The molecule has 0 spiro atoms. The van der Waals surface area contributed by atoms with E-state index in [-0.39, 0.29) is 0 Å². The first-order chi connectivity index (χ1) is 31.2. The third-order valence-electron chi connectivity index (χ3n) is 12.4. The van der Waals surface area contributed by atoms with Gasteiger partial charge in [0, 0.05) is 44.2 Å². The molecule has 0 aliphatic heterocycles. The molecule has 0 aliphatic carbocycles. The lowest BCUT2D eigenvalue weighted by Gasteiger charge is -2.28. The Labute approximate surface area is 366 Å². The molecule has 2 aromatic heterocycles. The molecular formula is C60H40N2O. The van der Waals surface area contributed by atoms with Crippen molar-refractivity contribution in [1.82, 2.24) is 4.57 Å². The Morgan fingerprint density at radius 1 is 0.302 bits per heavy atom. The fraction of sp³-hybridized carbons (Fsp3) is 0. The number of aromatic nitrogens is 1. The summed E-state index contributed by atoms with van der Waals surface area (Å²) in [5.74, 6) is 0. The smallest absolute Gasteiger partial charge is 0.136 e. The normalized spacial score (nSPS) is 11.5. The molecule has 0 saturated heterocycles. The van der Waals surface area contributed by atoms with Gasteiger partial charge in [-0.25, -0.2) is 0 Å². The van der Waals surface area contributed by atoms with Crippen molar-refractivity contribution >= 4 is 60.8 Å². The van der Waals surface area contributed by atoms with E-state index in [0.29, 0.717) is 0 Å². The molecule has 296 valence electrons. The molecule has 0 amide bonds. The molecule has 0 radical (unpaired) electrons. The molecule has 3 nitrogen and oxygen atoms in total. The topological polar surface area (TPSA) is 21.3 Å². The molecule has 0 atom stereocenters. The van der Waals surface area contributed by atoms with Gasteiger partial charge in [-0.2, -0.15) is 0 Å². The minimum atomic E-state index is 0.877. The standard InChI is InChI=1S/C60H40N2O/c1-2-16-42(17-3-1)49-22-4-5-23-50(49)44-19-15-20-47(39-44)61(56-28-10-6-24-51(56)45-34-37-55-54-27-9-13-31-59(54)63-60(55)40-45)46-35-32-41(33-36-46)43-18-14-21-48(38-43)62-57-29-11-7-25-52(57)53-26-8-12-30-58(53)62/h1-40H. The van der Waals surface area contributed by atoms with E-state index in [0.717, 1.165) is 72.5 Å². The van der Waals surface area contributed by atoms with Crippen LogP contribution in [0.1, 0.15) is 0 Å². The molecule has 12 rings (SSSR count). The lowest BCUT2D eigenvalue weighted by atomic mass is 9.94. The Morgan fingerprint density at radius 3 is 1.63 bits per heavy atom. The molecule has 10 aromatic carbocycles. The second-order valence-corrected chi connectivity index (χ2v) is 16.1. The Kier molecular flexibility index (Phi) is 8.83. The molecule has 63 heavy (non-hydrogen) atoms. The first kappa shape index (κ1) is 36.5. The quantitative estimate of drug-likeness (QED) is 0.153. The monoisotopic (exact) mass is 804 g/mol. The van der Waals surface area contributed by atoms with Gasteiger partial charge < -0.3 is 13.9 Å². The van der Waals surface area contributed by atoms with Crippen LogP contribution >= 0.6 is 0 Å². The molecular weight excluding hydrogens is 765 g/mol. The number of nitrogens with zero attached hydrogens (tertiary/aromatic N) is 2. The molecule has 0 unspecified atom stereocenters. The Bertz CT molecular complexity index is 3580. The van der Waals surface area contributed by atoms with Crippen LogP contribution in [-0.2, 0) is 0 Å². The number of furan rings is 1. The molecule has 0 fully saturated rings. The maximum Gasteiger partial charge on any atom is 0.136 e. The van der Waals surface area contributed by atoms with Gasteiger partial charge in [0.05, 0.1) is 16.7 Å². The van der Waals surface area contributed by atoms with Crippen LogP contribution in [0.4, 0.5) is 17.1 Å². The van der Waals surface area contributed by atoms with Gasteiger partial charge in [0.25, 0.3) is 0 Å². The average molecular weight is 805 g/mol. The van der Waals surface area contributed by atoms with Gasteiger partial charge in [-0.1, -0.05) is 170 Å². The summed E-state index contributed by atoms with van der Waals surface area (Å²) in [6.45, 7) is 0. The van der Waals surface area contributed by atoms with Gasteiger partial charge in [-0.3, -0.25) is 0 Å². The Balaban J connectivity index is 0.991. The molecule has 0 saturated carbocycles. The van der Waals surface area contributed by atoms with E-state index in [1.54, 1.807) is 0 Å². The highest BCUT2D eigenvalue weighted by molar-refractivity contribution is 6.09. The summed E-state index contributed by atoms with van der Waals surface area (Å²) in [5.41, 5.74) is 17.7. The van der Waals surface area contributed by atoms with E-state index < -0.39 is 0 Å². The number of rotatable bonds is 8. The van der Waals surface area contributed by atoms with Crippen molar-refractivity contribution in [3.05, 3.63) is 243 Å². The molecule has 0 N–H and O–H groups in total. The summed E-state index contributed by atoms with van der Waals surface area (Å²) in [5, 5.41) is 4.76. The van der Waals surface area contributed by atoms with Crippen molar-refractivity contribution < 1.29 is 4.42 Å². The summed E-state index contributed by atoms with van der Waals surface area (Å²) in [7, 11) is 0. The van der Waals surface area contributed by atoms with E-state index in [1.807, 2.05) is 12.1 Å². The van der Waals surface area contributed by atoms with E-state index in [1.165, 1.54) is 38.5 Å². The molecule has 2 heterocycles. The van der Waals surface area contributed by atoms with Crippen molar-refractivity contribution in [2.45, 2.75) is 0 Å². The van der Waals surface area contributed by atoms with Crippen LogP contribution in [-0.4, -0.2) is 4.57 Å². The second kappa shape index (κ2) is 15.3. The van der Waals surface area contributed by atoms with Crippen molar-refractivity contribution in [2.75, 3.05) is 4.90 Å². The minimum Gasteiger partial charge on any atom is -0.456 e. The number of hydrogen-bond donors (Lipinski definition) is 0. The van der Waals surface area contributed by atoms with E-state index in [2.05, 4.69) is 240 Å². The van der Waals surface area contributed by atoms with Crippen molar-refractivity contribution in [3.8, 4) is 50.2 Å². The number of benzene rings is 10. The third kappa shape index (κ3) is 6.38. The maximum atomic E-state index is 6.41. The second-order valence-electron chi connectivity index (χ2n) is 16.1. The van der Waals surface area contributed by atoms with Crippen LogP contribution in [0.15, 0.2) is 247 Å². The minimum absolute atomic E-state index is 0.877. The summed E-state index contributed by atoms with van der Waals surface area (Å²) in [4.78, 5) is 2.39. The lowest BCUT2D eigenvalue weighted by Crippen LogP contribution is -2.11. The lowest BCUT2D eigenvalue weighted by molar-refractivity contribution is 0.669. The highest BCUT2D eigenvalue weighted by Crippen LogP contribution is 2.44. The van der Waals surface area contributed by atoms with Gasteiger partial charge in [-0.05, 0) is 112 Å². The van der Waals surface area contributed by atoms with E-state index in [9.17, 15) is 0 Å². The van der Waals surface area contributed by atoms with Crippen LogP contribution in [0.25, 0.3) is 93.9 Å². The third-order valence-corrected chi connectivity index (χ3v) is 12.4. The van der Waals surface area contributed by atoms with Crippen molar-refractivity contribution in [1.29, 1.82) is 0 Å². The zero-order valence-corrected chi connectivity index (χ0v) is 34.4. The van der Waals surface area contributed by atoms with Gasteiger partial charge in [0.1, 0.15) is 11.2 Å². The average Bonchev–Trinajstić information content (AvgIpc) is 3.90. The Hall–Kier alpha value is -8.40. The SMILES string of the molecule is c1ccc(-c2ccccc2-c2cccc(N(c3ccc(-c4cccc(-n5c6ccccc6c6ccccc65)c4)cc3)c3ccccc3-c3ccc4c(c3)oc3ccccc34)c2)cc1. The van der Waals surface area contributed by atoms with Crippen LogP contribution in [0.2, 0.25) is 0 Å². The molecule has 0 bridgehead atoms. The largest absolute Gasteiger partial charge is 0.456 e. The number of anilines is 3. The van der Waals surface area contributed by atoms with E-state index >= 15 is 0 Å². The van der Waals surface area contributed by atoms with Crippen molar-refractivity contribution in [3.63, 3.8) is 0 Å². The zero-order valence-electron chi connectivity index (χ0n) is 34.4.